The van der Waals surface area contributed by atoms with Gasteiger partial charge in [-0.15, -0.1) is 11.6 Å². The summed E-state index contributed by atoms with van der Waals surface area (Å²) in [7, 11) is 0. The minimum absolute atomic E-state index is 0.134. The monoisotopic (exact) mass is 275 g/mol. The third-order valence-electron chi connectivity index (χ3n) is 1.57. The van der Waals surface area contributed by atoms with Crippen molar-refractivity contribution in [1.29, 1.82) is 0 Å². The van der Waals surface area contributed by atoms with Crippen LogP contribution in [-0.4, -0.2) is 18.1 Å². The van der Waals surface area contributed by atoms with Crippen molar-refractivity contribution >= 4 is 45.4 Å². The Morgan fingerprint density at radius 3 is 2.86 bits per heavy atom. The zero-order chi connectivity index (χ0) is 10.6. The second-order valence-corrected chi connectivity index (χ2v) is 3.62. The van der Waals surface area contributed by atoms with Gasteiger partial charge in [0.2, 0.25) is 5.91 Å². The van der Waals surface area contributed by atoms with E-state index in [0.717, 1.165) is 0 Å². The third-order valence-corrected chi connectivity index (χ3v) is 2.50. The average Bonchev–Trinajstić information content (AvgIpc) is 2.18. The molecule has 0 spiro atoms. The highest BCUT2D eigenvalue weighted by atomic mass is 79.9. The predicted molar refractivity (Wildman–Crippen MR) is 58.9 cm³/mol. The molecule has 1 amide bonds. The lowest BCUT2D eigenvalue weighted by atomic mass is 10.2. The first-order valence-electron chi connectivity index (χ1n) is 3.78. The van der Waals surface area contributed by atoms with Gasteiger partial charge in [-0.05, 0) is 28.1 Å². The zero-order valence-corrected chi connectivity index (χ0v) is 9.43. The van der Waals surface area contributed by atoms with Crippen molar-refractivity contribution in [2.24, 2.45) is 0 Å². The molecule has 0 radical (unpaired) electrons. The number of hydrogen-bond donors (Lipinski definition) is 1. The normalized spacial score (nSPS) is 9.57. The summed E-state index contributed by atoms with van der Waals surface area (Å²) in [6.07, 6.45) is 0.675. The highest BCUT2D eigenvalue weighted by Crippen LogP contribution is 2.22. The first-order valence-corrected chi connectivity index (χ1v) is 5.11. The number of alkyl halides is 1. The standard InChI is InChI=1S/C9H7BrClNO2/c10-7-2-1-3-8(6(7)5-13)12-9(14)4-11/h1-3,5H,4H2,(H,12,14). The van der Waals surface area contributed by atoms with Crippen LogP contribution in [0.2, 0.25) is 0 Å². The molecule has 1 rings (SSSR count). The van der Waals surface area contributed by atoms with E-state index in [2.05, 4.69) is 21.2 Å². The summed E-state index contributed by atoms with van der Waals surface area (Å²) >= 11 is 8.53. The van der Waals surface area contributed by atoms with E-state index in [4.69, 9.17) is 11.6 Å². The molecule has 1 N–H and O–H groups in total. The average molecular weight is 277 g/mol. The first kappa shape index (κ1) is 11.2. The maximum absolute atomic E-state index is 11.0. The van der Waals surface area contributed by atoms with Gasteiger partial charge in [-0.3, -0.25) is 9.59 Å². The van der Waals surface area contributed by atoms with Crippen LogP contribution in [0.15, 0.2) is 22.7 Å². The second-order valence-electron chi connectivity index (χ2n) is 2.50. The van der Waals surface area contributed by atoms with Crippen molar-refractivity contribution in [2.45, 2.75) is 0 Å². The molecule has 0 saturated carbocycles. The van der Waals surface area contributed by atoms with E-state index < -0.39 is 0 Å². The summed E-state index contributed by atoms with van der Waals surface area (Å²) in [5.74, 6) is -0.474. The Morgan fingerprint density at radius 1 is 1.57 bits per heavy atom. The zero-order valence-electron chi connectivity index (χ0n) is 7.09. The largest absolute Gasteiger partial charge is 0.324 e. The van der Waals surface area contributed by atoms with Crippen molar-refractivity contribution < 1.29 is 9.59 Å². The van der Waals surface area contributed by atoms with Gasteiger partial charge in [0.1, 0.15) is 5.88 Å². The molecular formula is C9H7BrClNO2. The van der Waals surface area contributed by atoms with Gasteiger partial charge in [-0.25, -0.2) is 0 Å². The molecule has 0 aromatic heterocycles. The van der Waals surface area contributed by atoms with E-state index in [1.807, 2.05) is 0 Å². The number of anilines is 1. The van der Waals surface area contributed by atoms with E-state index in [9.17, 15) is 9.59 Å². The summed E-state index contributed by atoms with van der Waals surface area (Å²) < 4.78 is 0.639. The van der Waals surface area contributed by atoms with Gasteiger partial charge in [0, 0.05) is 4.47 Å². The maximum atomic E-state index is 11.0. The molecule has 74 valence electrons. The van der Waals surface area contributed by atoms with Crippen molar-refractivity contribution in [2.75, 3.05) is 11.2 Å². The Labute approximate surface area is 94.6 Å². The molecule has 0 bridgehead atoms. The highest BCUT2D eigenvalue weighted by molar-refractivity contribution is 9.10. The lowest BCUT2D eigenvalue weighted by Crippen LogP contribution is -2.14. The molecule has 0 atom stereocenters. The van der Waals surface area contributed by atoms with Crippen LogP contribution in [-0.2, 0) is 4.79 Å². The molecule has 14 heavy (non-hydrogen) atoms. The summed E-state index contributed by atoms with van der Waals surface area (Å²) in [4.78, 5) is 21.7. The Morgan fingerprint density at radius 2 is 2.29 bits per heavy atom. The van der Waals surface area contributed by atoms with E-state index in [1.165, 1.54) is 0 Å². The van der Waals surface area contributed by atoms with Crippen molar-refractivity contribution in [3.63, 3.8) is 0 Å². The Bertz CT molecular complexity index is 368. The van der Waals surface area contributed by atoms with Gasteiger partial charge in [0.15, 0.2) is 6.29 Å². The molecule has 1 aromatic carbocycles. The van der Waals surface area contributed by atoms with Crippen LogP contribution in [0.5, 0.6) is 0 Å². The molecule has 0 aliphatic heterocycles. The van der Waals surface area contributed by atoms with Crippen LogP contribution in [0.3, 0.4) is 0 Å². The molecule has 1 aromatic rings. The fourth-order valence-electron chi connectivity index (χ4n) is 0.949. The van der Waals surface area contributed by atoms with Gasteiger partial charge < -0.3 is 5.32 Å². The van der Waals surface area contributed by atoms with Crippen LogP contribution < -0.4 is 5.32 Å². The summed E-state index contributed by atoms with van der Waals surface area (Å²) in [5, 5.41) is 2.52. The third kappa shape index (κ3) is 2.56. The Hall–Kier alpha value is -0.870. The number of carbonyl (C=O) groups excluding carboxylic acids is 2. The Kier molecular flexibility index (Phi) is 4.10. The maximum Gasteiger partial charge on any atom is 0.239 e. The van der Waals surface area contributed by atoms with Gasteiger partial charge in [-0.2, -0.15) is 0 Å². The first-order chi connectivity index (χ1) is 6.69. The number of benzene rings is 1. The van der Waals surface area contributed by atoms with Gasteiger partial charge in [0.25, 0.3) is 0 Å². The Balaban J connectivity index is 3.02. The molecule has 5 heteroatoms. The lowest BCUT2D eigenvalue weighted by Gasteiger charge is -2.06. The molecule has 0 unspecified atom stereocenters. The van der Waals surface area contributed by atoms with Crippen LogP contribution in [0, 0.1) is 0 Å². The van der Waals surface area contributed by atoms with Gasteiger partial charge in [0.05, 0.1) is 11.3 Å². The quantitative estimate of drug-likeness (QED) is 0.681. The number of amides is 1. The fraction of sp³-hybridized carbons (Fsp3) is 0.111. The van der Waals surface area contributed by atoms with E-state index in [0.29, 0.717) is 22.0 Å². The van der Waals surface area contributed by atoms with Crippen LogP contribution >= 0.6 is 27.5 Å². The van der Waals surface area contributed by atoms with Crippen LogP contribution in [0.4, 0.5) is 5.69 Å². The number of rotatable bonds is 3. The smallest absolute Gasteiger partial charge is 0.239 e. The van der Waals surface area contributed by atoms with Crippen LogP contribution in [0.1, 0.15) is 10.4 Å². The summed E-state index contributed by atoms with van der Waals surface area (Å²) in [5.41, 5.74) is 0.867. The minimum Gasteiger partial charge on any atom is -0.324 e. The lowest BCUT2D eigenvalue weighted by molar-refractivity contribution is -0.113. The van der Waals surface area contributed by atoms with Gasteiger partial charge in [-0.1, -0.05) is 6.07 Å². The van der Waals surface area contributed by atoms with E-state index in [-0.39, 0.29) is 11.8 Å². The molecular weight excluding hydrogens is 269 g/mol. The second kappa shape index (κ2) is 5.12. The highest BCUT2D eigenvalue weighted by Gasteiger charge is 2.07. The predicted octanol–water partition coefficient (Wildman–Crippen LogP) is 2.44. The van der Waals surface area contributed by atoms with Crippen molar-refractivity contribution in [1.82, 2.24) is 0 Å². The minimum atomic E-state index is -0.340. The van der Waals surface area contributed by atoms with E-state index >= 15 is 0 Å². The molecule has 0 aliphatic rings. The van der Waals surface area contributed by atoms with E-state index in [1.54, 1.807) is 18.2 Å². The number of nitrogens with one attached hydrogen (secondary N) is 1. The molecule has 0 aliphatic carbocycles. The SMILES string of the molecule is O=Cc1c(Br)cccc1NC(=O)CCl. The number of hydrogen-bond acceptors (Lipinski definition) is 2. The summed E-state index contributed by atoms with van der Waals surface area (Å²) in [6.45, 7) is 0. The van der Waals surface area contributed by atoms with Crippen molar-refractivity contribution in [3.05, 3.63) is 28.2 Å². The molecule has 0 heterocycles. The molecule has 0 fully saturated rings. The van der Waals surface area contributed by atoms with Crippen molar-refractivity contribution in [3.8, 4) is 0 Å². The molecule has 3 nitrogen and oxygen atoms in total. The van der Waals surface area contributed by atoms with Crippen LogP contribution in [0.25, 0.3) is 0 Å². The number of halogens is 2. The number of aldehydes is 1. The van der Waals surface area contributed by atoms with Gasteiger partial charge >= 0.3 is 0 Å². The fourth-order valence-corrected chi connectivity index (χ4v) is 1.48. The molecule has 0 saturated heterocycles. The summed E-state index contributed by atoms with van der Waals surface area (Å²) in [6, 6.07) is 5.08. The topological polar surface area (TPSA) is 46.2 Å². The number of carbonyl (C=O) groups is 2.